The number of aryl methyl sites for hydroxylation is 1. The van der Waals surface area contributed by atoms with Gasteiger partial charge in [0.1, 0.15) is 6.54 Å². The second-order valence-corrected chi connectivity index (χ2v) is 7.59. The van der Waals surface area contributed by atoms with Crippen LogP contribution in [-0.4, -0.2) is 58.2 Å². The zero-order valence-corrected chi connectivity index (χ0v) is 17.2. The summed E-state index contributed by atoms with van der Waals surface area (Å²) in [7, 11) is 0. The lowest BCUT2D eigenvalue weighted by Crippen LogP contribution is -2.50. The average molecular weight is 402 g/mol. The second-order valence-electron chi connectivity index (χ2n) is 7.59. The van der Waals surface area contributed by atoms with Gasteiger partial charge in [0.2, 0.25) is 5.91 Å². The van der Waals surface area contributed by atoms with Gasteiger partial charge in [0.15, 0.2) is 0 Å². The number of carbonyl (C=O) groups is 1. The number of fused-ring (bicyclic) bond motifs is 1. The molecule has 2 aromatic carbocycles. The average Bonchev–Trinajstić information content (AvgIpc) is 2.78. The highest BCUT2D eigenvalue weighted by Crippen LogP contribution is 2.12. The van der Waals surface area contributed by atoms with Gasteiger partial charge in [-0.2, -0.15) is 5.10 Å². The number of aromatic nitrogens is 2. The van der Waals surface area contributed by atoms with Crippen LogP contribution in [0.15, 0.2) is 65.5 Å². The molecule has 1 fully saturated rings. The maximum absolute atomic E-state index is 12.8. The number of carbonyl (C=O) groups excluding carboxylic acids is 1. The third-order valence-corrected chi connectivity index (χ3v) is 5.54. The summed E-state index contributed by atoms with van der Waals surface area (Å²) in [5.74, 6) is -0.0567. The maximum atomic E-state index is 12.8. The molecule has 6 heteroatoms. The molecular formula is C24H26N4O2. The Morgan fingerprint density at radius 3 is 2.37 bits per heavy atom. The zero-order valence-electron chi connectivity index (χ0n) is 17.2. The van der Waals surface area contributed by atoms with Crippen molar-refractivity contribution >= 4 is 22.8 Å². The van der Waals surface area contributed by atoms with E-state index in [4.69, 9.17) is 0 Å². The molecule has 30 heavy (non-hydrogen) atoms. The molecule has 1 saturated heterocycles. The van der Waals surface area contributed by atoms with E-state index in [0.717, 1.165) is 30.7 Å². The van der Waals surface area contributed by atoms with E-state index in [1.165, 1.54) is 10.2 Å². The van der Waals surface area contributed by atoms with Crippen LogP contribution in [-0.2, 0) is 11.3 Å². The second kappa shape index (κ2) is 9.05. The van der Waals surface area contributed by atoms with Gasteiger partial charge in [-0.1, -0.05) is 60.7 Å². The van der Waals surface area contributed by atoms with Crippen molar-refractivity contribution in [2.45, 2.75) is 13.5 Å². The molecule has 1 aromatic heterocycles. The van der Waals surface area contributed by atoms with Crippen LogP contribution in [0.5, 0.6) is 0 Å². The fraction of sp³-hybridized carbons (Fsp3) is 0.292. The number of rotatable bonds is 5. The minimum Gasteiger partial charge on any atom is -0.339 e. The molecule has 0 N–H and O–H groups in total. The van der Waals surface area contributed by atoms with Crippen molar-refractivity contribution < 1.29 is 4.79 Å². The molecule has 154 valence electrons. The Hall–Kier alpha value is -3.25. The van der Waals surface area contributed by atoms with Crippen LogP contribution >= 0.6 is 0 Å². The molecule has 0 aliphatic carbocycles. The van der Waals surface area contributed by atoms with E-state index in [1.807, 2.05) is 48.2 Å². The summed E-state index contributed by atoms with van der Waals surface area (Å²) in [5.41, 5.74) is 1.73. The Balaban J connectivity index is 1.34. The quantitative estimate of drug-likeness (QED) is 0.658. The molecule has 4 rings (SSSR count). The Morgan fingerprint density at radius 1 is 0.967 bits per heavy atom. The molecule has 6 nitrogen and oxygen atoms in total. The van der Waals surface area contributed by atoms with Gasteiger partial charge in [-0.05, 0) is 18.6 Å². The van der Waals surface area contributed by atoms with Crippen LogP contribution in [0.2, 0.25) is 0 Å². The van der Waals surface area contributed by atoms with Crippen LogP contribution in [0.4, 0.5) is 0 Å². The smallest absolute Gasteiger partial charge is 0.275 e. The number of piperazine rings is 1. The van der Waals surface area contributed by atoms with Gasteiger partial charge in [0.25, 0.3) is 5.56 Å². The van der Waals surface area contributed by atoms with Crippen LogP contribution in [0.1, 0.15) is 11.3 Å². The molecular weight excluding hydrogens is 376 g/mol. The zero-order chi connectivity index (χ0) is 20.9. The van der Waals surface area contributed by atoms with E-state index in [2.05, 4.69) is 34.3 Å². The third kappa shape index (κ3) is 4.49. The summed E-state index contributed by atoms with van der Waals surface area (Å²) in [6.07, 6.45) is 4.28. The highest BCUT2D eigenvalue weighted by Gasteiger charge is 2.21. The highest BCUT2D eigenvalue weighted by atomic mass is 16.2. The largest absolute Gasteiger partial charge is 0.339 e. The SMILES string of the molecule is Cc1nn(CC(=O)N2CCN(C/C=C/c3ccccc3)CC2)c(=O)c2ccccc12. The van der Waals surface area contributed by atoms with Crippen LogP contribution < -0.4 is 5.56 Å². The minimum atomic E-state index is -0.214. The normalized spacial score (nSPS) is 15.2. The van der Waals surface area contributed by atoms with E-state index in [0.29, 0.717) is 18.5 Å². The number of hydrogen-bond donors (Lipinski definition) is 0. The van der Waals surface area contributed by atoms with Gasteiger partial charge in [0.05, 0.1) is 11.1 Å². The van der Waals surface area contributed by atoms with Gasteiger partial charge in [0, 0.05) is 38.1 Å². The fourth-order valence-corrected chi connectivity index (χ4v) is 3.82. The Labute approximate surface area is 176 Å². The molecule has 0 radical (unpaired) electrons. The molecule has 0 saturated carbocycles. The number of benzene rings is 2. The van der Waals surface area contributed by atoms with E-state index in [9.17, 15) is 9.59 Å². The van der Waals surface area contributed by atoms with Gasteiger partial charge in [-0.3, -0.25) is 14.5 Å². The third-order valence-electron chi connectivity index (χ3n) is 5.54. The number of nitrogens with zero attached hydrogens (tertiary/aromatic N) is 4. The van der Waals surface area contributed by atoms with Crippen molar-refractivity contribution in [1.82, 2.24) is 19.6 Å². The van der Waals surface area contributed by atoms with Crippen molar-refractivity contribution in [3.05, 3.63) is 82.3 Å². The van der Waals surface area contributed by atoms with E-state index in [-0.39, 0.29) is 18.0 Å². The Bertz CT molecular complexity index is 1110. The lowest BCUT2D eigenvalue weighted by Gasteiger charge is -2.34. The molecule has 0 atom stereocenters. The summed E-state index contributed by atoms with van der Waals surface area (Å²) < 4.78 is 1.30. The van der Waals surface area contributed by atoms with Gasteiger partial charge < -0.3 is 4.90 Å². The van der Waals surface area contributed by atoms with Crippen molar-refractivity contribution in [1.29, 1.82) is 0 Å². The monoisotopic (exact) mass is 402 g/mol. The predicted octanol–water partition coefficient (Wildman–Crippen LogP) is 2.56. The van der Waals surface area contributed by atoms with Crippen LogP contribution in [0.3, 0.4) is 0 Å². The fourth-order valence-electron chi connectivity index (χ4n) is 3.82. The Morgan fingerprint density at radius 2 is 1.63 bits per heavy atom. The van der Waals surface area contributed by atoms with E-state index >= 15 is 0 Å². The molecule has 1 aliphatic rings. The lowest BCUT2D eigenvalue weighted by atomic mass is 10.1. The topological polar surface area (TPSA) is 58.4 Å². The Kier molecular flexibility index (Phi) is 6.05. The first-order chi connectivity index (χ1) is 14.6. The van der Waals surface area contributed by atoms with Crippen molar-refractivity contribution in [3.63, 3.8) is 0 Å². The van der Waals surface area contributed by atoms with Gasteiger partial charge >= 0.3 is 0 Å². The van der Waals surface area contributed by atoms with E-state index < -0.39 is 0 Å². The number of hydrogen-bond acceptors (Lipinski definition) is 4. The minimum absolute atomic E-state index is 0.0155. The van der Waals surface area contributed by atoms with Crippen LogP contribution in [0, 0.1) is 6.92 Å². The standard InChI is InChI=1S/C24H26N4O2/c1-19-21-11-5-6-12-22(21)24(30)28(25-19)18-23(29)27-16-14-26(15-17-27)13-7-10-20-8-3-2-4-9-20/h2-12H,13-18H2,1H3/b10-7+. The van der Waals surface area contributed by atoms with Crippen molar-refractivity contribution in [2.75, 3.05) is 32.7 Å². The molecule has 0 bridgehead atoms. The number of amides is 1. The maximum Gasteiger partial charge on any atom is 0.275 e. The van der Waals surface area contributed by atoms with Gasteiger partial charge in [-0.15, -0.1) is 0 Å². The summed E-state index contributed by atoms with van der Waals surface area (Å²) in [5, 5.41) is 5.80. The molecule has 0 unspecified atom stereocenters. The summed E-state index contributed by atoms with van der Waals surface area (Å²) in [6, 6.07) is 17.6. The summed E-state index contributed by atoms with van der Waals surface area (Å²) >= 11 is 0. The summed E-state index contributed by atoms with van der Waals surface area (Å²) in [6.45, 7) is 5.69. The first kappa shape index (κ1) is 20.0. The van der Waals surface area contributed by atoms with E-state index in [1.54, 1.807) is 6.07 Å². The van der Waals surface area contributed by atoms with Gasteiger partial charge in [-0.25, -0.2) is 4.68 Å². The molecule has 2 heterocycles. The molecule has 1 aliphatic heterocycles. The summed E-state index contributed by atoms with van der Waals surface area (Å²) in [4.78, 5) is 29.6. The van der Waals surface area contributed by atoms with Crippen molar-refractivity contribution in [3.8, 4) is 0 Å². The van der Waals surface area contributed by atoms with Crippen LogP contribution in [0.25, 0.3) is 16.8 Å². The highest BCUT2D eigenvalue weighted by molar-refractivity contribution is 5.83. The van der Waals surface area contributed by atoms with Crippen molar-refractivity contribution in [2.24, 2.45) is 0 Å². The predicted molar refractivity (Wildman–Crippen MR) is 119 cm³/mol. The molecule has 0 spiro atoms. The lowest BCUT2D eigenvalue weighted by molar-refractivity contribution is -0.133. The first-order valence-electron chi connectivity index (χ1n) is 10.3. The first-order valence-corrected chi connectivity index (χ1v) is 10.3. The molecule has 1 amide bonds. The molecule has 3 aromatic rings.